The Morgan fingerprint density at radius 3 is 2.43 bits per heavy atom. The zero-order valence-electron chi connectivity index (χ0n) is 14.3. The number of rotatable bonds is 5. The highest BCUT2D eigenvalue weighted by molar-refractivity contribution is 6.23. The molecule has 1 aromatic carbocycles. The molecule has 3 rings (SSSR count). The van der Waals surface area contributed by atoms with Gasteiger partial charge < -0.3 is 21.5 Å². The number of imide groups is 1. The minimum Gasteiger partial charge on any atom is -0.481 e. The van der Waals surface area contributed by atoms with Crippen molar-refractivity contribution in [3.63, 3.8) is 0 Å². The monoisotopic (exact) mass is 385 g/mol. The summed E-state index contributed by atoms with van der Waals surface area (Å²) in [6.07, 6.45) is -0.205. The van der Waals surface area contributed by atoms with E-state index in [1.54, 1.807) is 0 Å². The Kier molecular flexibility index (Phi) is 4.81. The van der Waals surface area contributed by atoms with Crippen molar-refractivity contribution in [2.45, 2.75) is 6.42 Å². The molecular weight excluding hydrogens is 370 g/mol. The number of nitrogen functional groups attached to an aromatic ring is 1. The third-order valence-electron chi connectivity index (χ3n) is 3.96. The van der Waals surface area contributed by atoms with Gasteiger partial charge in [-0.1, -0.05) is 0 Å². The van der Waals surface area contributed by atoms with E-state index in [2.05, 4.69) is 16.0 Å². The number of aliphatic carboxylic acids is 1. The van der Waals surface area contributed by atoms with Crippen LogP contribution in [0.1, 0.15) is 27.1 Å². The summed E-state index contributed by atoms with van der Waals surface area (Å²) >= 11 is 0. The number of anilines is 2. The zero-order chi connectivity index (χ0) is 20.4. The second kappa shape index (κ2) is 7.23. The fraction of sp³-hybridized carbons (Fsp3) is 0.118. The van der Waals surface area contributed by atoms with E-state index in [-0.39, 0.29) is 29.9 Å². The Hall–Kier alpha value is -4.15. The van der Waals surface area contributed by atoms with E-state index in [1.807, 2.05) is 0 Å². The van der Waals surface area contributed by atoms with Crippen molar-refractivity contribution >= 4 is 35.3 Å². The number of aromatic nitrogens is 1. The first-order valence-electron chi connectivity index (χ1n) is 8.06. The number of carboxylic acids is 1. The number of hydrogen-bond donors (Lipinski definition) is 5. The maximum atomic E-state index is 12.4. The molecule has 0 unspecified atom stereocenters. The van der Waals surface area contributed by atoms with Gasteiger partial charge in [0, 0.05) is 18.3 Å². The Morgan fingerprint density at radius 1 is 1.11 bits per heavy atom. The van der Waals surface area contributed by atoms with Crippen LogP contribution in [0.25, 0.3) is 5.69 Å². The smallest absolute Gasteiger partial charge is 0.319 e. The van der Waals surface area contributed by atoms with E-state index in [0.717, 1.165) is 10.6 Å². The molecule has 0 radical (unpaired) electrons. The molecule has 2 aromatic rings. The molecule has 0 spiro atoms. The summed E-state index contributed by atoms with van der Waals surface area (Å²) in [6, 6.07) is 6.43. The van der Waals surface area contributed by atoms with Crippen molar-refractivity contribution in [1.82, 2.24) is 15.2 Å². The molecule has 0 saturated heterocycles. The molecule has 28 heavy (non-hydrogen) atoms. The third kappa shape index (κ3) is 3.53. The average molecular weight is 385 g/mol. The number of amides is 4. The maximum absolute atomic E-state index is 12.4. The predicted octanol–water partition coefficient (Wildman–Crippen LogP) is -0.101. The minimum absolute atomic E-state index is 0.0267. The normalized spacial score (nSPS) is 12.3. The Balaban J connectivity index is 1.81. The molecule has 1 aliphatic rings. The zero-order valence-corrected chi connectivity index (χ0v) is 14.3. The van der Waals surface area contributed by atoms with Gasteiger partial charge >= 0.3 is 12.0 Å². The summed E-state index contributed by atoms with van der Waals surface area (Å²) < 4.78 is 1.08. The van der Waals surface area contributed by atoms with Crippen molar-refractivity contribution in [2.75, 3.05) is 17.6 Å². The molecule has 0 aliphatic carbocycles. The lowest BCUT2D eigenvalue weighted by molar-refractivity contribution is -0.136. The molecule has 11 heteroatoms. The summed E-state index contributed by atoms with van der Waals surface area (Å²) in [5.74, 6) is -2.55. The number of nitrogens with two attached hydrogens (primary N) is 1. The lowest BCUT2D eigenvalue weighted by atomic mass is 10.1. The Labute approximate surface area is 157 Å². The van der Waals surface area contributed by atoms with Gasteiger partial charge in [0.2, 0.25) is 0 Å². The lowest BCUT2D eigenvalue weighted by Crippen LogP contribution is -2.30. The molecule has 144 valence electrons. The van der Waals surface area contributed by atoms with Gasteiger partial charge in [0.25, 0.3) is 17.4 Å². The molecule has 0 atom stereocenters. The summed E-state index contributed by atoms with van der Waals surface area (Å²) in [5, 5.41) is 15.5. The lowest BCUT2D eigenvalue weighted by Gasteiger charge is -2.13. The second-order valence-corrected chi connectivity index (χ2v) is 5.85. The SMILES string of the molecule is Nc1c2c(cc(=O)n1-c1ccc(NC(=O)NCCC(=O)O)cc1)C(=O)NC2=O. The topological polar surface area (TPSA) is 173 Å². The van der Waals surface area contributed by atoms with Crippen LogP contribution in [0.4, 0.5) is 16.3 Å². The number of fused-ring (bicyclic) bond motifs is 1. The number of nitrogens with one attached hydrogen (secondary N) is 3. The van der Waals surface area contributed by atoms with Crippen LogP contribution in [0.2, 0.25) is 0 Å². The van der Waals surface area contributed by atoms with Crippen molar-refractivity contribution in [3.8, 4) is 5.69 Å². The Morgan fingerprint density at radius 2 is 1.79 bits per heavy atom. The highest BCUT2D eigenvalue weighted by atomic mass is 16.4. The molecule has 0 fully saturated rings. The quantitative estimate of drug-likeness (QED) is 0.447. The van der Waals surface area contributed by atoms with Crippen molar-refractivity contribution < 1.29 is 24.3 Å². The van der Waals surface area contributed by atoms with E-state index in [4.69, 9.17) is 10.8 Å². The van der Waals surface area contributed by atoms with Crippen molar-refractivity contribution in [1.29, 1.82) is 0 Å². The van der Waals surface area contributed by atoms with Crippen LogP contribution >= 0.6 is 0 Å². The molecule has 0 bridgehead atoms. The van der Waals surface area contributed by atoms with Gasteiger partial charge in [-0.15, -0.1) is 0 Å². The average Bonchev–Trinajstić information content (AvgIpc) is 2.90. The number of nitrogens with zero attached hydrogens (tertiary/aromatic N) is 1. The highest BCUT2D eigenvalue weighted by Gasteiger charge is 2.31. The van der Waals surface area contributed by atoms with E-state index in [0.29, 0.717) is 11.4 Å². The van der Waals surface area contributed by atoms with Crippen LogP contribution in [0, 0.1) is 0 Å². The van der Waals surface area contributed by atoms with Gasteiger partial charge in [-0.25, -0.2) is 4.79 Å². The molecular formula is C17H15N5O6. The molecule has 1 aromatic heterocycles. The number of pyridine rings is 1. The second-order valence-electron chi connectivity index (χ2n) is 5.85. The van der Waals surface area contributed by atoms with Crippen LogP contribution in [0.3, 0.4) is 0 Å². The van der Waals surface area contributed by atoms with E-state index < -0.39 is 29.4 Å². The summed E-state index contributed by atoms with van der Waals surface area (Å²) in [5.41, 5.74) is 5.93. The first-order valence-corrected chi connectivity index (χ1v) is 8.06. The van der Waals surface area contributed by atoms with E-state index in [1.165, 1.54) is 24.3 Å². The third-order valence-corrected chi connectivity index (χ3v) is 3.96. The number of carbonyl (C=O) groups excluding carboxylic acids is 3. The molecule has 0 saturated carbocycles. The molecule has 1 aliphatic heterocycles. The molecule has 6 N–H and O–H groups in total. The summed E-state index contributed by atoms with van der Waals surface area (Å²) in [6.45, 7) is -0.0267. The highest BCUT2D eigenvalue weighted by Crippen LogP contribution is 2.23. The Bertz CT molecular complexity index is 1060. The minimum atomic E-state index is -1.03. The van der Waals surface area contributed by atoms with Gasteiger partial charge in [-0.05, 0) is 24.3 Å². The molecule has 11 nitrogen and oxygen atoms in total. The number of benzene rings is 1. The number of carboxylic acid groups (broad SMARTS) is 1. The van der Waals surface area contributed by atoms with Gasteiger partial charge in [-0.2, -0.15) is 0 Å². The van der Waals surface area contributed by atoms with Gasteiger partial charge in [0.1, 0.15) is 5.82 Å². The molecule has 2 heterocycles. The first kappa shape index (κ1) is 18.6. The van der Waals surface area contributed by atoms with Crippen LogP contribution in [-0.2, 0) is 4.79 Å². The standard InChI is InChI=1S/C17H15N5O6/c18-14-13-10(15(26)21-16(13)27)7-11(23)22(14)9-3-1-8(2-4-9)20-17(28)19-6-5-12(24)25/h1-4,7H,5-6,18H2,(H,24,25)(H2,19,20,28)(H,21,26,27). The number of urea groups is 1. The fourth-order valence-electron chi connectivity index (χ4n) is 2.70. The van der Waals surface area contributed by atoms with E-state index >= 15 is 0 Å². The van der Waals surface area contributed by atoms with Crippen LogP contribution in [-0.4, -0.2) is 40.0 Å². The van der Waals surface area contributed by atoms with Crippen LogP contribution in [0.5, 0.6) is 0 Å². The van der Waals surface area contributed by atoms with Crippen molar-refractivity contribution in [2.24, 2.45) is 0 Å². The summed E-state index contributed by atoms with van der Waals surface area (Å²) in [7, 11) is 0. The number of carbonyl (C=O) groups is 4. The van der Waals surface area contributed by atoms with Crippen molar-refractivity contribution in [3.05, 3.63) is 51.8 Å². The van der Waals surface area contributed by atoms with Gasteiger partial charge in [0.15, 0.2) is 0 Å². The fourth-order valence-corrected chi connectivity index (χ4v) is 2.70. The predicted molar refractivity (Wildman–Crippen MR) is 97.5 cm³/mol. The van der Waals surface area contributed by atoms with E-state index in [9.17, 15) is 24.0 Å². The largest absolute Gasteiger partial charge is 0.481 e. The number of hydrogen-bond acceptors (Lipinski definition) is 6. The van der Waals surface area contributed by atoms with Crippen LogP contribution in [0.15, 0.2) is 35.1 Å². The first-order chi connectivity index (χ1) is 13.3. The summed E-state index contributed by atoms with van der Waals surface area (Å²) in [4.78, 5) is 58.0. The van der Waals surface area contributed by atoms with Gasteiger partial charge in [-0.3, -0.25) is 29.1 Å². The maximum Gasteiger partial charge on any atom is 0.319 e. The molecule has 4 amide bonds. The van der Waals surface area contributed by atoms with Gasteiger partial charge in [0.05, 0.1) is 23.2 Å². The van der Waals surface area contributed by atoms with Crippen LogP contribution < -0.4 is 27.2 Å².